The van der Waals surface area contributed by atoms with Crippen LogP contribution in [0.2, 0.25) is 5.02 Å². The van der Waals surface area contributed by atoms with Crippen molar-refractivity contribution >= 4 is 44.2 Å². The molecule has 3 rings (SSSR count). The van der Waals surface area contributed by atoms with Crippen LogP contribution < -0.4 is 5.32 Å². The van der Waals surface area contributed by atoms with Gasteiger partial charge in [-0.25, -0.2) is 12.7 Å². The molecule has 0 aliphatic carbocycles. The Bertz CT molecular complexity index is 1100. The van der Waals surface area contributed by atoms with Crippen molar-refractivity contribution in [1.29, 1.82) is 0 Å². The zero-order valence-electron chi connectivity index (χ0n) is 14.4. The van der Waals surface area contributed by atoms with E-state index in [1.54, 1.807) is 37.3 Å². The number of nitrogens with zero attached hydrogens (tertiary/aromatic N) is 1. The number of carbonyl (C=O) groups is 1. The van der Waals surface area contributed by atoms with Crippen molar-refractivity contribution in [3.8, 4) is 0 Å². The highest BCUT2D eigenvalue weighted by Gasteiger charge is 2.20. The van der Waals surface area contributed by atoms with E-state index in [4.69, 9.17) is 16.0 Å². The van der Waals surface area contributed by atoms with Crippen molar-refractivity contribution in [2.45, 2.75) is 11.8 Å². The van der Waals surface area contributed by atoms with Crippen LogP contribution in [-0.4, -0.2) is 32.7 Å². The minimum Gasteiger partial charge on any atom is -0.451 e. The fourth-order valence-corrected chi connectivity index (χ4v) is 3.66. The number of anilines is 1. The summed E-state index contributed by atoms with van der Waals surface area (Å²) in [4.78, 5) is 12.7. The molecule has 2 aromatic carbocycles. The molecule has 3 aromatic rings. The number of fused-ring (bicyclic) bond motifs is 1. The number of nitrogens with one attached hydrogen (secondary N) is 1. The normalized spacial score (nSPS) is 11.9. The number of aryl methyl sites for hydroxylation is 1. The van der Waals surface area contributed by atoms with Crippen LogP contribution in [0, 0.1) is 6.92 Å². The van der Waals surface area contributed by atoms with Gasteiger partial charge in [0.05, 0.1) is 4.90 Å². The lowest BCUT2D eigenvalue weighted by Gasteiger charge is -2.12. The molecule has 1 aromatic heterocycles. The van der Waals surface area contributed by atoms with Gasteiger partial charge in [0, 0.05) is 35.8 Å². The molecule has 0 bridgehead atoms. The first kappa shape index (κ1) is 18.4. The van der Waals surface area contributed by atoms with Crippen molar-refractivity contribution in [3.63, 3.8) is 0 Å². The van der Waals surface area contributed by atoms with Gasteiger partial charge >= 0.3 is 0 Å². The molecule has 1 heterocycles. The molecule has 136 valence electrons. The van der Waals surface area contributed by atoms with Gasteiger partial charge in [-0.3, -0.25) is 4.79 Å². The van der Waals surface area contributed by atoms with Crippen molar-refractivity contribution < 1.29 is 17.6 Å². The molecule has 0 aliphatic rings. The molecule has 26 heavy (non-hydrogen) atoms. The number of benzene rings is 2. The Labute approximate surface area is 156 Å². The fourth-order valence-electron chi connectivity index (χ4n) is 2.54. The van der Waals surface area contributed by atoms with E-state index in [-0.39, 0.29) is 10.7 Å². The van der Waals surface area contributed by atoms with Crippen LogP contribution in [-0.2, 0) is 10.0 Å². The highest BCUT2D eigenvalue weighted by molar-refractivity contribution is 7.89. The van der Waals surface area contributed by atoms with Crippen molar-refractivity contribution in [1.82, 2.24) is 4.31 Å². The topological polar surface area (TPSA) is 79.6 Å². The fraction of sp³-hybridized carbons (Fsp3) is 0.167. The van der Waals surface area contributed by atoms with E-state index < -0.39 is 15.9 Å². The van der Waals surface area contributed by atoms with Crippen LogP contribution in [0.25, 0.3) is 11.0 Å². The molecule has 0 radical (unpaired) electrons. The Morgan fingerprint density at radius 1 is 1.15 bits per heavy atom. The van der Waals surface area contributed by atoms with E-state index in [9.17, 15) is 13.2 Å². The summed E-state index contributed by atoms with van der Waals surface area (Å²) in [6.07, 6.45) is 0. The summed E-state index contributed by atoms with van der Waals surface area (Å²) in [6, 6.07) is 11.2. The highest BCUT2D eigenvalue weighted by atomic mass is 35.5. The van der Waals surface area contributed by atoms with E-state index in [0.717, 1.165) is 9.69 Å². The zero-order chi connectivity index (χ0) is 19.1. The molecule has 8 heteroatoms. The maximum absolute atomic E-state index is 12.6. The Morgan fingerprint density at radius 3 is 2.58 bits per heavy atom. The van der Waals surface area contributed by atoms with Crippen LogP contribution in [0.5, 0.6) is 0 Å². The standard InChI is InChI=1S/C18H17ClN2O4S/c1-11-15-9-12(19)7-8-16(15)25-17(11)18(22)20-13-5-4-6-14(10-13)26(23,24)21(2)3/h4-10H,1-3H3,(H,20,22). The van der Waals surface area contributed by atoms with Crippen LogP contribution in [0.3, 0.4) is 0 Å². The summed E-state index contributed by atoms with van der Waals surface area (Å²) in [6.45, 7) is 1.77. The van der Waals surface area contributed by atoms with Crippen molar-refractivity contribution in [2.75, 3.05) is 19.4 Å². The summed E-state index contributed by atoms with van der Waals surface area (Å²) in [5, 5.41) is 3.98. The lowest BCUT2D eigenvalue weighted by Crippen LogP contribution is -2.22. The van der Waals surface area contributed by atoms with E-state index >= 15 is 0 Å². The third kappa shape index (κ3) is 3.33. The number of halogens is 1. The van der Waals surface area contributed by atoms with Gasteiger partial charge in [0.2, 0.25) is 10.0 Å². The molecule has 0 fully saturated rings. The summed E-state index contributed by atoms with van der Waals surface area (Å²) in [7, 11) is -0.694. The molecule has 1 amide bonds. The first-order valence-corrected chi connectivity index (χ1v) is 9.54. The first-order chi connectivity index (χ1) is 12.2. The second-order valence-corrected chi connectivity index (χ2v) is 8.55. The van der Waals surface area contributed by atoms with Crippen LogP contribution in [0.15, 0.2) is 51.8 Å². The van der Waals surface area contributed by atoms with Gasteiger partial charge in [0.25, 0.3) is 5.91 Å². The Morgan fingerprint density at radius 2 is 1.88 bits per heavy atom. The average Bonchev–Trinajstić information content (AvgIpc) is 2.91. The Kier molecular flexibility index (Phi) is 4.79. The molecule has 0 aliphatic heterocycles. The molecule has 0 unspecified atom stereocenters. The third-order valence-electron chi connectivity index (χ3n) is 3.97. The van der Waals surface area contributed by atoms with Gasteiger partial charge in [-0.2, -0.15) is 0 Å². The van der Waals surface area contributed by atoms with Crippen molar-refractivity contribution in [2.24, 2.45) is 0 Å². The number of hydrogen-bond donors (Lipinski definition) is 1. The average molecular weight is 393 g/mol. The molecule has 0 saturated carbocycles. The number of carbonyl (C=O) groups excluding carboxylic acids is 1. The molecule has 6 nitrogen and oxygen atoms in total. The third-order valence-corrected chi connectivity index (χ3v) is 6.02. The molecule has 0 saturated heterocycles. The number of hydrogen-bond acceptors (Lipinski definition) is 4. The number of amides is 1. The van der Waals surface area contributed by atoms with Gasteiger partial charge < -0.3 is 9.73 Å². The van der Waals surface area contributed by atoms with Gasteiger partial charge in [0.1, 0.15) is 5.58 Å². The second kappa shape index (κ2) is 6.75. The molecule has 0 spiro atoms. The SMILES string of the molecule is Cc1c(C(=O)Nc2cccc(S(=O)(=O)N(C)C)c2)oc2ccc(Cl)cc12. The van der Waals surface area contributed by atoms with E-state index in [1.807, 2.05) is 0 Å². The van der Waals surface area contributed by atoms with Gasteiger partial charge in [-0.05, 0) is 43.3 Å². The number of rotatable bonds is 4. The summed E-state index contributed by atoms with van der Waals surface area (Å²) in [5.41, 5.74) is 1.58. The lowest BCUT2D eigenvalue weighted by molar-refractivity contribution is 0.0998. The highest BCUT2D eigenvalue weighted by Crippen LogP contribution is 2.28. The van der Waals surface area contributed by atoms with E-state index in [0.29, 0.717) is 21.9 Å². The number of furan rings is 1. The lowest BCUT2D eigenvalue weighted by atomic mass is 10.1. The van der Waals surface area contributed by atoms with Gasteiger partial charge in [-0.15, -0.1) is 0 Å². The molecular formula is C18H17ClN2O4S. The predicted octanol–water partition coefficient (Wildman–Crippen LogP) is 3.90. The van der Waals surface area contributed by atoms with Crippen LogP contribution in [0.1, 0.15) is 16.1 Å². The summed E-state index contributed by atoms with van der Waals surface area (Å²) >= 11 is 5.99. The first-order valence-electron chi connectivity index (χ1n) is 7.73. The van der Waals surface area contributed by atoms with Crippen molar-refractivity contribution in [3.05, 3.63) is 58.8 Å². The van der Waals surface area contributed by atoms with Crippen LogP contribution in [0.4, 0.5) is 5.69 Å². The predicted molar refractivity (Wildman–Crippen MR) is 101 cm³/mol. The second-order valence-electron chi connectivity index (χ2n) is 5.97. The molecule has 0 atom stereocenters. The zero-order valence-corrected chi connectivity index (χ0v) is 16.0. The van der Waals surface area contributed by atoms with E-state index in [2.05, 4.69) is 5.32 Å². The Balaban J connectivity index is 1.93. The quantitative estimate of drug-likeness (QED) is 0.730. The van der Waals surface area contributed by atoms with Crippen LogP contribution >= 0.6 is 11.6 Å². The van der Waals surface area contributed by atoms with E-state index in [1.165, 1.54) is 26.2 Å². The largest absolute Gasteiger partial charge is 0.451 e. The van der Waals surface area contributed by atoms with Gasteiger partial charge in [-0.1, -0.05) is 17.7 Å². The summed E-state index contributed by atoms with van der Waals surface area (Å²) in [5.74, 6) is -0.308. The number of sulfonamides is 1. The monoisotopic (exact) mass is 392 g/mol. The minimum absolute atomic E-state index is 0.0911. The maximum Gasteiger partial charge on any atom is 0.291 e. The van der Waals surface area contributed by atoms with Gasteiger partial charge in [0.15, 0.2) is 5.76 Å². The Hall–Kier alpha value is -2.35. The maximum atomic E-state index is 12.6. The molecule has 1 N–H and O–H groups in total. The summed E-state index contributed by atoms with van der Waals surface area (Å²) < 4.78 is 31.2. The minimum atomic E-state index is -3.59. The smallest absolute Gasteiger partial charge is 0.291 e. The molecular weight excluding hydrogens is 376 g/mol.